The topological polar surface area (TPSA) is 101 Å². The Balaban J connectivity index is 0.00000151. The van der Waals surface area contributed by atoms with Gasteiger partial charge in [0.15, 0.2) is 0 Å². The second-order valence-corrected chi connectivity index (χ2v) is 4.44. The first-order valence-electron chi connectivity index (χ1n) is 7.46. The summed E-state index contributed by atoms with van der Waals surface area (Å²) in [4.78, 5) is 26.1. The number of rotatable bonds is 5. The van der Waals surface area contributed by atoms with E-state index in [0.717, 1.165) is 13.3 Å². The SMILES string of the molecule is CC.COC(=O)c1cc(-c2cc(OC)cc(OC)c2)ncc1[N+](=O)[O-]. The summed E-state index contributed by atoms with van der Waals surface area (Å²) in [7, 11) is 4.16. The van der Waals surface area contributed by atoms with Gasteiger partial charge >= 0.3 is 11.7 Å². The van der Waals surface area contributed by atoms with Gasteiger partial charge in [-0.1, -0.05) is 13.8 Å². The molecule has 0 aliphatic rings. The fourth-order valence-corrected chi connectivity index (χ4v) is 1.98. The highest BCUT2D eigenvalue weighted by atomic mass is 16.6. The predicted octanol–water partition coefficient (Wildman–Crippen LogP) is 3.49. The Hall–Kier alpha value is -3.16. The first-order chi connectivity index (χ1) is 12.0. The Morgan fingerprint density at radius 3 is 2.04 bits per heavy atom. The van der Waals surface area contributed by atoms with Crippen molar-refractivity contribution in [3.05, 3.63) is 46.1 Å². The molecule has 0 aliphatic carbocycles. The molecule has 2 aromatic rings. The molecule has 0 unspecified atom stereocenters. The van der Waals surface area contributed by atoms with E-state index in [4.69, 9.17) is 9.47 Å². The van der Waals surface area contributed by atoms with Crippen molar-refractivity contribution in [3.8, 4) is 22.8 Å². The van der Waals surface area contributed by atoms with E-state index in [1.54, 1.807) is 18.2 Å². The highest BCUT2D eigenvalue weighted by molar-refractivity contribution is 5.94. The van der Waals surface area contributed by atoms with Crippen molar-refractivity contribution in [1.29, 1.82) is 0 Å². The summed E-state index contributed by atoms with van der Waals surface area (Å²) in [6.07, 6.45) is 1.02. The van der Waals surface area contributed by atoms with Gasteiger partial charge in [0.1, 0.15) is 23.3 Å². The molecule has 8 heteroatoms. The molecule has 0 spiro atoms. The zero-order chi connectivity index (χ0) is 19.0. The molecule has 1 aromatic carbocycles. The van der Waals surface area contributed by atoms with E-state index in [2.05, 4.69) is 9.72 Å². The van der Waals surface area contributed by atoms with Crippen molar-refractivity contribution in [1.82, 2.24) is 4.98 Å². The number of esters is 1. The summed E-state index contributed by atoms with van der Waals surface area (Å²) in [6, 6.07) is 6.34. The number of nitrogens with zero attached hydrogens (tertiary/aromatic N) is 2. The third-order valence-corrected chi connectivity index (χ3v) is 3.13. The van der Waals surface area contributed by atoms with Crippen LogP contribution in [0.15, 0.2) is 30.5 Å². The molecule has 1 aromatic heterocycles. The average Bonchev–Trinajstić information content (AvgIpc) is 2.67. The Morgan fingerprint density at radius 1 is 1.04 bits per heavy atom. The van der Waals surface area contributed by atoms with Crippen LogP contribution >= 0.6 is 0 Å². The van der Waals surface area contributed by atoms with Crippen LogP contribution in [0.25, 0.3) is 11.3 Å². The minimum atomic E-state index is -0.810. The van der Waals surface area contributed by atoms with Crippen LogP contribution in [0.4, 0.5) is 5.69 Å². The van der Waals surface area contributed by atoms with E-state index >= 15 is 0 Å². The maximum absolute atomic E-state index is 11.8. The van der Waals surface area contributed by atoms with Crippen molar-refractivity contribution in [2.75, 3.05) is 21.3 Å². The molecule has 0 aliphatic heterocycles. The maximum atomic E-state index is 11.8. The van der Waals surface area contributed by atoms with Gasteiger partial charge in [0.25, 0.3) is 0 Å². The summed E-state index contributed by atoms with van der Waals surface area (Å²) in [5.74, 6) is 0.244. The molecule has 0 saturated carbocycles. The molecule has 0 amide bonds. The van der Waals surface area contributed by atoms with Crippen LogP contribution in [0.5, 0.6) is 11.5 Å². The van der Waals surface area contributed by atoms with Crippen molar-refractivity contribution in [3.63, 3.8) is 0 Å². The quantitative estimate of drug-likeness (QED) is 0.463. The molecule has 2 rings (SSSR count). The second kappa shape index (κ2) is 9.21. The zero-order valence-electron chi connectivity index (χ0n) is 14.7. The molecular formula is C17H20N2O6. The number of ether oxygens (including phenoxy) is 3. The molecule has 0 fully saturated rings. The van der Waals surface area contributed by atoms with Gasteiger partial charge in [-0.2, -0.15) is 0 Å². The lowest BCUT2D eigenvalue weighted by atomic mass is 10.1. The highest BCUT2D eigenvalue weighted by Gasteiger charge is 2.23. The number of pyridine rings is 1. The van der Waals surface area contributed by atoms with Gasteiger partial charge in [0.2, 0.25) is 0 Å². The number of carbonyl (C=O) groups excluding carboxylic acids is 1. The lowest BCUT2D eigenvalue weighted by Crippen LogP contribution is -2.07. The summed E-state index contributed by atoms with van der Waals surface area (Å²) < 4.78 is 14.9. The van der Waals surface area contributed by atoms with Crippen molar-refractivity contribution in [2.24, 2.45) is 0 Å². The molecule has 8 nitrogen and oxygen atoms in total. The summed E-state index contributed by atoms with van der Waals surface area (Å²) in [5.41, 5.74) is 0.342. The third kappa shape index (κ3) is 4.66. The van der Waals surface area contributed by atoms with Gasteiger partial charge in [0.05, 0.1) is 31.9 Å². The molecular weight excluding hydrogens is 328 g/mol. The lowest BCUT2D eigenvalue weighted by Gasteiger charge is -2.09. The molecule has 134 valence electrons. The van der Waals surface area contributed by atoms with E-state index in [0.29, 0.717) is 22.8 Å². The monoisotopic (exact) mass is 348 g/mol. The molecule has 0 saturated heterocycles. The van der Waals surface area contributed by atoms with Gasteiger partial charge in [0, 0.05) is 11.6 Å². The highest BCUT2D eigenvalue weighted by Crippen LogP contribution is 2.31. The zero-order valence-corrected chi connectivity index (χ0v) is 14.7. The Kier molecular flexibility index (Phi) is 7.33. The number of carbonyl (C=O) groups is 1. The minimum Gasteiger partial charge on any atom is -0.497 e. The molecule has 1 heterocycles. The van der Waals surface area contributed by atoms with Crippen molar-refractivity contribution >= 4 is 11.7 Å². The normalized spacial score (nSPS) is 9.48. The van der Waals surface area contributed by atoms with Crippen LogP contribution in [0.1, 0.15) is 24.2 Å². The van der Waals surface area contributed by atoms with Crippen LogP contribution in [-0.2, 0) is 4.74 Å². The number of benzene rings is 1. The average molecular weight is 348 g/mol. The predicted molar refractivity (Wildman–Crippen MR) is 92.1 cm³/mol. The van der Waals surface area contributed by atoms with Crippen molar-refractivity contribution in [2.45, 2.75) is 13.8 Å². The smallest absolute Gasteiger partial charge is 0.345 e. The standard InChI is InChI=1S/C15H14N2O6.C2H6/c1-21-10-4-9(5-11(6-10)22-2)13-7-12(15(18)23-3)14(8-16-13)17(19)20;1-2/h4-8H,1-3H3;1-2H3. The fraction of sp³-hybridized carbons (Fsp3) is 0.294. The van der Waals surface area contributed by atoms with E-state index < -0.39 is 16.6 Å². The first-order valence-corrected chi connectivity index (χ1v) is 7.46. The van der Waals surface area contributed by atoms with Crippen LogP contribution in [-0.4, -0.2) is 37.2 Å². The van der Waals surface area contributed by atoms with E-state index in [-0.39, 0.29) is 5.56 Å². The van der Waals surface area contributed by atoms with E-state index in [1.165, 1.54) is 20.3 Å². The summed E-state index contributed by atoms with van der Waals surface area (Å²) >= 11 is 0. The van der Waals surface area contributed by atoms with Crippen LogP contribution in [0, 0.1) is 10.1 Å². The van der Waals surface area contributed by atoms with Crippen LogP contribution in [0.3, 0.4) is 0 Å². The Bertz CT molecular complexity index is 739. The first kappa shape index (κ1) is 19.9. The van der Waals surface area contributed by atoms with E-state index in [1.807, 2.05) is 13.8 Å². The van der Waals surface area contributed by atoms with Gasteiger partial charge in [-0.3, -0.25) is 10.1 Å². The maximum Gasteiger partial charge on any atom is 0.345 e. The number of nitro groups is 1. The molecule has 0 bridgehead atoms. The minimum absolute atomic E-state index is 0.177. The summed E-state index contributed by atoms with van der Waals surface area (Å²) in [5, 5.41) is 11.0. The number of aromatic nitrogens is 1. The molecule has 0 radical (unpaired) electrons. The van der Waals surface area contributed by atoms with Gasteiger partial charge in [-0.25, -0.2) is 9.78 Å². The molecule has 0 atom stereocenters. The Labute approximate surface area is 145 Å². The van der Waals surface area contributed by atoms with E-state index in [9.17, 15) is 14.9 Å². The third-order valence-electron chi connectivity index (χ3n) is 3.13. The molecule has 25 heavy (non-hydrogen) atoms. The number of hydrogen-bond acceptors (Lipinski definition) is 7. The van der Waals surface area contributed by atoms with Crippen LogP contribution in [0.2, 0.25) is 0 Å². The van der Waals surface area contributed by atoms with Gasteiger partial charge in [-0.05, 0) is 18.2 Å². The van der Waals surface area contributed by atoms with Gasteiger partial charge in [-0.15, -0.1) is 0 Å². The fourth-order valence-electron chi connectivity index (χ4n) is 1.98. The summed E-state index contributed by atoms with van der Waals surface area (Å²) in [6.45, 7) is 4.00. The molecule has 0 N–H and O–H groups in total. The van der Waals surface area contributed by atoms with Crippen molar-refractivity contribution < 1.29 is 23.9 Å². The van der Waals surface area contributed by atoms with Gasteiger partial charge < -0.3 is 14.2 Å². The number of methoxy groups -OCH3 is 3. The largest absolute Gasteiger partial charge is 0.497 e. The second-order valence-electron chi connectivity index (χ2n) is 4.44. The van der Waals surface area contributed by atoms with Crippen LogP contribution < -0.4 is 9.47 Å². The lowest BCUT2D eigenvalue weighted by molar-refractivity contribution is -0.385. The Morgan fingerprint density at radius 2 is 1.60 bits per heavy atom. The number of hydrogen-bond donors (Lipinski definition) is 0.